The molecule has 0 saturated carbocycles. The van der Waals surface area contributed by atoms with Crippen molar-refractivity contribution in [3.63, 3.8) is 0 Å². The number of anilines is 1. The maximum absolute atomic E-state index is 12.3. The minimum atomic E-state index is -0.0891. The van der Waals surface area contributed by atoms with Crippen molar-refractivity contribution in [3.05, 3.63) is 66.2 Å². The van der Waals surface area contributed by atoms with Crippen LogP contribution < -0.4 is 5.32 Å². The molecule has 0 radical (unpaired) electrons. The number of para-hydroxylation sites is 1. The van der Waals surface area contributed by atoms with Crippen LogP contribution in [-0.2, 0) is 4.79 Å². The van der Waals surface area contributed by atoms with Gasteiger partial charge in [0.05, 0.1) is 5.75 Å². The molecular formula is C22H16N4OS. The quantitative estimate of drug-likeness (QED) is 0.455. The summed E-state index contributed by atoms with van der Waals surface area (Å²) in [5.74, 6) is 0.139. The molecule has 0 spiro atoms. The number of nitrogens with one attached hydrogen (secondary N) is 1. The second-order valence-corrected chi connectivity index (χ2v) is 7.60. The van der Waals surface area contributed by atoms with Gasteiger partial charge in [0.1, 0.15) is 11.4 Å². The molecule has 136 valence electrons. The number of hydrogen-bond acceptors (Lipinski definition) is 5. The summed E-state index contributed by atoms with van der Waals surface area (Å²) in [6.07, 6.45) is 0. The van der Waals surface area contributed by atoms with Crippen molar-refractivity contribution < 1.29 is 4.79 Å². The van der Waals surface area contributed by atoms with E-state index in [0.717, 1.165) is 33.8 Å². The summed E-state index contributed by atoms with van der Waals surface area (Å²) < 4.78 is 0. The van der Waals surface area contributed by atoms with E-state index in [4.69, 9.17) is 4.98 Å². The molecular weight excluding hydrogens is 368 g/mol. The van der Waals surface area contributed by atoms with Crippen LogP contribution in [0.25, 0.3) is 33.3 Å². The highest BCUT2D eigenvalue weighted by atomic mass is 32.2. The van der Waals surface area contributed by atoms with Crippen LogP contribution in [0.5, 0.6) is 0 Å². The number of carbonyl (C=O) groups excluding carboxylic acids is 1. The second kappa shape index (κ2) is 6.73. The first-order chi connectivity index (χ1) is 13.7. The Kier molecular flexibility index (Phi) is 4.06. The van der Waals surface area contributed by atoms with Gasteiger partial charge >= 0.3 is 0 Å². The molecule has 1 amide bonds. The zero-order valence-corrected chi connectivity index (χ0v) is 16.0. The number of amides is 1. The van der Waals surface area contributed by atoms with Crippen molar-refractivity contribution in [2.45, 2.75) is 12.1 Å². The van der Waals surface area contributed by atoms with Gasteiger partial charge < -0.3 is 5.32 Å². The normalized spacial score (nSPS) is 11.5. The van der Waals surface area contributed by atoms with Crippen LogP contribution in [0.1, 0.15) is 5.56 Å². The molecule has 1 aliphatic rings. The van der Waals surface area contributed by atoms with Gasteiger partial charge in [0.15, 0.2) is 0 Å². The molecule has 6 heteroatoms. The van der Waals surface area contributed by atoms with Crippen molar-refractivity contribution >= 4 is 34.1 Å². The molecule has 0 saturated heterocycles. The van der Waals surface area contributed by atoms with Gasteiger partial charge in [0, 0.05) is 22.2 Å². The maximum atomic E-state index is 12.3. The topological polar surface area (TPSA) is 67.8 Å². The van der Waals surface area contributed by atoms with Crippen LogP contribution in [0.3, 0.4) is 0 Å². The van der Waals surface area contributed by atoms with Crippen molar-refractivity contribution in [3.8, 4) is 22.5 Å². The minimum absolute atomic E-state index is 0.0891. The minimum Gasteiger partial charge on any atom is -0.325 e. The molecule has 1 aromatic heterocycles. The number of carbonyl (C=O) groups is 1. The van der Waals surface area contributed by atoms with E-state index >= 15 is 0 Å². The number of aryl methyl sites for hydroxylation is 1. The molecule has 0 aliphatic heterocycles. The van der Waals surface area contributed by atoms with E-state index in [0.29, 0.717) is 5.16 Å². The summed E-state index contributed by atoms with van der Waals surface area (Å²) in [7, 11) is 0. The lowest BCUT2D eigenvalue weighted by molar-refractivity contribution is -0.113. The van der Waals surface area contributed by atoms with E-state index in [-0.39, 0.29) is 11.7 Å². The Morgan fingerprint density at radius 3 is 2.46 bits per heavy atom. The third-order valence-corrected chi connectivity index (χ3v) is 5.67. The summed E-state index contributed by atoms with van der Waals surface area (Å²) >= 11 is 1.29. The van der Waals surface area contributed by atoms with E-state index < -0.39 is 0 Å². The monoisotopic (exact) mass is 384 g/mol. The molecule has 5 rings (SSSR count). The lowest BCUT2D eigenvalue weighted by Crippen LogP contribution is -2.15. The highest BCUT2D eigenvalue weighted by Crippen LogP contribution is 2.44. The van der Waals surface area contributed by atoms with E-state index in [1.54, 1.807) is 0 Å². The molecule has 0 unspecified atom stereocenters. The molecule has 0 fully saturated rings. The number of thioether (sulfide) groups is 1. The lowest BCUT2D eigenvalue weighted by atomic mass is 10.0. The Morgan fingerprint density at radius 1 is 0.929 bits per heavy atom. The molecule has 3 aromatic carbocycles. The van der Waals surface area contributed by atoms with Gasteiger partial charge in [-0.15, -0.1) is 10.2 Å². The summed E-state index contributed by atoms with van der Waals surface area (Å²) in [5, 5.41) is 14.4. The van der Waals surface area contributed by atoms with Gasteiger partial charge in [-0.25, -0.2) is 4.98 Å². The highest BCUT2D eigenvalue weighted by Gasteiger charge is 2.25. The Balaban J connectivity index is 1.37. The molecule has 1 heterocycles. The van der Waals surface area contributed by atoms with Crippen LogP contribution in [0, 0.1) is 6.92 Å². The average molecular weight is 384 g/mol. The number of nitrogens with zero attached hydrogens (tertiary/aromatic N) is 3. The van der Waals surface area contributed by atoms with Crippen LogP contribution in [0.2, 0.25) is 0 Å². The van der Waals surface area contributed by atoms with Crippen LogP contribution in [0.15, 0.2) is 65.8 Å². The summed E-state index contributed by atoms with van der Waals surface area (Å²) in [6, 6.07) is 20.1. The van der Waals surface area contributed by atoms with Crippen molar-refractivity contribution in [1.29, 1.82) is 0 Å². The second-order valence-electron chi connectivity index (χ2n) is 6.65. The van der Waals surface area contributed by atoms with Crippen LogP contribution in [-0.4, -0.2) is 26.8 Å². The number of hydrogen-bond donors (Lipinski definition) is 1. The molecule has 1 aliphatic carbocycles. The largest absolute Gasteiger partial charge is 0.325 e. The van der Waals surface area contributed by atoms with E-state index in [1.807, 2.05) is 43.3 Å². The zero-order valence-electron chi connectivity index (χ0n) is 15.1. The highest BCUT2D eigenvalue weighted by molar-refractivity contribution is 7.99. The van der Waals surface area contributed by atoms with Crippen LogP contribution >= 0.6 is 11.8 Å². The Labute approximate surface area is 166 Å². The number of aromatic nitrogens is 3. The Bertz CT molecular complexity index is 1230. The standard InChI is InChI=1S/C22H16N4OS/c1-13-6-2-3-11-17(13)23-18(27)12-28-22-24-20-15-9-4-7-14-8-5-10-16(19(14)15)21(20)25-26-22/h2-11H,12H2,1H3,(H,23,27). The van der Waals surface area contributed by atoms with E-state index in [2.05, 4.69) is 39.8 Å². The number of fused-ring (bicyclic) bond motifs is 3. The summed E-state index contributed by atoms with van der Waals surface area (Å²) in [4.78, 5) is 17.0. The van der Waals surface area contributed by atoms with Gasteiger partial charge in [0.25, 0.3) is 0 Å². The van der Waals surface area contributed by atoms with Crippen molar-refractivity contribution in [2.24, 2.45) is 0 Å². The SMILES string of the molecule is Cc1ccccc1NC(=O)CSc1nnc2c(n1)-c1cccc3cccc-2c13. The Morgan fingerprint density at radius 2 is 1.68 bits per heavy atom. The van der Waals surface area contributed by atoms with E-state index in [1.165, 1.54) is 22.5 Å². The fourth-order valence-corrected chi connectivity index (χ4v) is 4.09. The first-order valence-corrected chi connectivity index (χ1v) is 9.95. The molecule has 4 aromatic rings. The van der Waals surface area contributed by atoms with E-state index in [9.17, 15) is 4.79 Å². The zero-order chi connectivity index (χ0) is 19.1. The van der Waals surface area contributed by atoms with Gasteiger partial charge in [-0.2, -0.15) is 0 Å². The first kappa shape index (κ1) is 16.9. The summed E-state index contributed by atoms with van der Waals surface area (Å²) in [6.45, 7) is 1.97. The molecule has 28 heavy (non-hydrogen) atoms. The Hall–Kier alpha value is -3.25. The predicted octanol–water partition coefficient (Wildman–Crippen LogP) is 4.71. The summed E-state index contributed by atoms with van der Waals surface area (Å²) in [5.41, 5.74) is 5.63. The third-order valence-electron chi connectivity index (χ3n) is 4.83. The lowest BCUT2D eigenvalue weighted by Gasteiger charge is -2.07. The van der Waals surface area contributed by atoms with Gasteiger partial charge in [-0.05, 0) is 23.9 Å². The van der Waals surface area contributed by atoms with Crippen molar-refractivity contribution in [1.82, 2.24) is 15.2 Å². The average Bonchev–Trinajstić information content (AvgIpc) is 3.04. The number of rotatable bonds is 4. The maximum Gasteiger partial charge on any atom is 0.234 e. The fraction of sp³-hybridized carbons (Fsp3) is 0.0909. The first-order valence-electron chi connectivity index (χ1n) is 8.96. The van der Waals surface area contributed by atoms with Gasteiger partial charge in [-0.3, -0.25) is 4.79 Å². The smallest absolute Gasteiger partial charge is 0.234 e. The molecule has 5 nitrogen and oxygen atoms in total. The molecule has 1 N–H and O–H groups in total. The third kappa shape index (κ3) is 2.82. The predicted molar refractivity (Wildman–Crippen MR) is 112 cm³/mol. The van der Waals surface area contributed by atoms with Crippen molar-refractivity contribution in [2.75, 3.05) is 11.1 Å². The van der Waals surface area contributed by atoms with Gasteiger partial charge in [-0.1, -0.05) is 66.4 Å². The fourth-order valence-electron chi connectivity index (χ4n) is 3.51. The molecule has 0 bridgehead atoms. The van der Waals surface area contributed by atoms with Gasteiger partial charge in [0.2, 0.25) is 11.1 Å². The van der Waals surface area contributed by atoms with Crippen LogP contribution in [0.4, 0.5) is 5.69 Å². The number of benzene rings is 3. The molecule has 0 atom stereocenters.